The Hall–Kier alpha value is -1.63. The average molecular weight is 349 g/mol. The number of halogens is 1. The van der Waals surface area contributed by atoms with Crippen molar-refractivity contribution in [1.82, 2.24) is 0 Å². The number of hydrogen-bond acceptors (Lipinski definition) is 5. The number of alkyl halides is 1. The smallest absolute Gasteiger partial charge is 0.118 e. The van der Waals surface area contributed by atoms with Crippen molar-refractivity contribution in [3.05, 3.63) is 35.4 Å². The first-order chi connectivity index (χ1) is 12.1. The molecule has 0 fully saturated rings. The molecule has 1 aromatic rings. The first-order valence-corrected chi connectivity index (χ1v) is 8.98. The highest BCUT2D eigenvalue weighted by Gasteiger charge is 2.29. The molecule has 0 radical (unpaired) electrons. The molecule has 4 atom stereocenters. The van der Waals surface area contributed by atoms with Crippen LogP contribution < -0.4 is 16.4 Å². The van der Waals surface area contributed by atoms with E-state index in [2.05, 4.69) is 34.9 Å². The standard InChI is InChI=1S/C19H28FN3O2/c1-22-14-4-7-18-12(8-14)3-6-17(23-18)13-2-5-16(21)19(9-13)25-11-15(24)10-20/h2,4,7-8,15-17,19,22-24H,3,5-6,9-11,21H2,1H3. The van der Waals surface area contributed by atoms with Crippen LogP contribution >= 0.6 is 0 Å². The summed E-state index contributed by atoms with van der Waals surface area (Å²) in [5.41, 5.74) is 11.1. The lowest BCUT2D eigenvalue weighted by Crippen LogP contribution is -2.43. The molecule has 5 N–H and O–H groups in total. The normalized spacial score (nSPS) is 27.0. The lowest BCUT2D eigenvalue weighted by atomic mass is 9.84. The molecule has 1 aliphatic heterocycles. The van der Waals surface area contributed by atoms with Gasteiger partial charge in [0.2, 0.25) is 0 Å². The maximum Gasteiger partial charge on any atom is 0.118 e. The van der Waals surface area contributed by atoms with Crippen LogP contribution in [0.15, 0.2) is 29.8 Å². The molecule has 5 nitrogen and oxygen atoms in total. The molecular weight excluding hydrogens is 321 g/mol. The van der Waals surface area contributed by atoms with E-state index in [4.69, 9.17) is 10.5 Å². The van der Waals surface area contributed by atoms with Gasteiger partial charge >= 0.3 is 0 Å². The van der Waals surface area contributed by atoms with Crippen LogP contribution in [-0.4, -0.2) is 49.7 Å². The van der Waals surface area contributed by atoms with Gasteiger partial charge in [-0.15, -0.1) is 0 Å². The lowest BCUT2D eigenvalue weighted by Gasteiger charge is -2.35. The van der Waals surface area contributed by atoms with E-state index in [1.165, 1.54) is 16.8 Å². The predicted octanol–water partition coefficient (Wildman–Crippen LogP) is 2.22. The Morgan fingerprint density at radius 3 is 3.08 bits per heavy atom. The van der Waals surface area contributed by atoms with Gasteiger partial charge in [-0.2, -0.15) is 0 Å². The summed E-state index contributed by atoms with van der Waals surface area (Å²) in [4.78, 5) is 0. The summed E-state index contributed by atoms with van der Waals surface area (Å²) in [6.45, 7) is -0.796. The first-order valence-electron chi connectivity index (χ1n) is 8.98. The van der Waals surface area contributed by atoms with Gasteiger partial charge in [0.15, 0.2) is 0 Å². The monoisotopic (exact) mass is 349 g/mol. The van der Waals surface area contributed by atoms with E-state index in [-0.39, 0.29) is 24.8 Å². The average Bonchev–Trinajstić information content (AvgIpc) is 2.66. The Morgan fingerprint density at radius 2 is 2.32 bits per heavy atom. The minimum atomic E-state index is -1.07. The Labute approximate surface area is 148 Å². The maximum absolute atomic E-state index is 12.4. The molecular formula is C19H28FN3O2. The fraction of sp³-hybridized carbons (Fsp3) is 0.579. The number of aliphatic hydroxyl groups excluding tert-OH is 1. The van der Waals surface area contributed by atoms with Crippen LogP contribution in [0.2, 0.25) is 0 Å². The molecule has 1 aliphatic carbocycles. The zero-order chi connectivity index (χ0) is 17.8. The van der Waals surface area contributed by atoms with Crippen LogP contribution in [0, 0.1) is 0 Å². The highest BCUT2D eigenvalue weighted by Crippen LogP contribution is 2.33. The van der Waals surface area contributed by atoms with Crippen LogP contribution in [0.3, 0.4) is 0 Å². The van der Waals surface area contributed by atoms with Gasteiger partial charge in [0, 0.05) is 30.5 Å². The summed E-state index contributed by atoms with van der Waals surface area (Å²) >= 11 is 0. The molecule has 0 saturated carbocycles. The van der Waals surface area contributed by atoms with E-state index in [9.17, 15) is 9.50 Å². The number of fused-ring (bicyclic) bond motifs is 1. The van der Waals surface area contributed by atoms with Crippen molar-refractivity contribution >= 4 is 11.4 Å². The van der Waals surface area contributed by atoms with Crippen LogP contribution in [0.1, 0.15) is 24.8 Å². The third-order valence-electron chi connectivity index (χ3n) is 5.12. The molecule has 0 aromatic heterocycles. The van der Waals surface area contributed by atoms with Gasteiger partial charge in [-0.1, -0.05) is 6.08 Å². The largest absolute Gasteiger partial charge is 0.388 e. The number of anilines is 2. The number of benzene rings is 1. The minimum Gasteiger partial charge on any atom is -0.388 e. The van der Waals surface area contributed by atoms with E-state index in [1.54, 1.807) is 0 Å². The molecule has 2 aliphatic rings. The molecule has 0 spiro atoms. The molecule has 138 valence electrons. The molecule has 1 aromatic carbocycles. The summed E-state index contributed by atoms with van der Waals surface area (Å²) in [5.74, 6) is 0. The topological polar surface area (TPSA) is 79.5 Å². The molecule has 0 bridgehead atoms. The highest BCUT2D eigenvalue weighted by molar-refractivity contribution is 5.62. The van der Waals surface area contributed by atoms with Gasteiger partial charge in [0.1, 0.15) is 12.8 Å². The molecule has 0 saturated heterocycles. The van der Waals surface area contributed by atoms with Gasteiger partial charge in [0.25, 0.3) is 0 Å². The maximum atomic E-state index is 12.4. The van der Waals surface area contributed by atoms with Crippen molar-refractivity contribution in [3.63, 3.8) is 0 Å². The third-order valence-corrected chi connectivity index (χ3v) is 5.12. The zero-order valence-corrected chi connectivity index (χ0v) is 14.7. The van der Waals surface area contributed by atoms with Gasteiger partial charge in [-0.05, 0) is 55.0 Å². The second-order valence-electron chi connectivity index (χ2n) is 6.92. The van der Waals surface area contributed by atoms with Crippen molar-refractivity contribution in [3.8, 4) is 0 Å². The third kappa shape index (κ3) is 4.32. The van der Waals surface area contributed by atoms with Crippen LogP contribution in [0.25, 0.3) is 0 Å². The van der Waals surface area contributed by atoms with Crippen molar-refractivity contribution in [2.24, 2.45) is 5.73 Å². The second-order valence-corrected chi connectivity index (χ2v) is 6.92. The van der Waals surface area contributed by atoms with Crippen molar-refractivity contribution in [1.29, 1.82) is 0 Å². The quantitative estimate of drug-likeness (QED) is 0.592. The van der Waals surface area contributed by atoms with Gasteiger partial charge < -0.3 is 26.2 Å². The fourth-order valence-corrected chi connectivity index (χ4v) is 3.59. The fourth-order valence-electron chi connectivity index (χ4n) is 3.59. The number of nitrogens with one attached hydrogen (secondary N) is 2. The Balaban J connectivity index is 1.63. The SMILES string of the molecule is CNc1ccc2c(c1)CCC(C1=CCC(N)C(OCC(O)CF)C1)N2. The highest BCUT2D eigenvalue weighted by atomic mass is 19.1. The molecule has 6 heteroatoms. The summed E-state index contributed by atoms with van der Waals surface area (Å²) in [6, 6.07) is 6.55. The first kappa shape index (κ1) is 18.2. The Morgan fingerprint density at radius 1 is 1.48 bits per heavy atom. The predicted molar refractivity (Wildman–Crippen MR) is 98.7 cm³/mol. The zero-order valence-electron chi connectivity index (χ0n) is 14.7. The van der Waals surface area contributed by atoms with E-state index in [1.807, 2.05) is 7.05 Å². The summed E-state index contributed by atoms with van der Waals surface area (Å²) in [6.07, 6.45) is 4.50. The molecule has 3 rings (SSSR count). The second kappa shape index (κ2) is 8.17. The van der Waals surface area contributed by atoms with Crippen LogP contribution in [0.4, 0.5) is 15.8 Å². The summed E-state index contributed by atoms with van der Waals surface area (Å²) < 4.78 is 18.1. The number of nitrogens with two attached hydrogens (primary N) is 1. The molecule has 4 unspecified atom stereocenters. The van der Waals surface area contributed by atoms with Crippen molar-refractivity contribution < 1.29 is 14.2 Å². The number of hydrogen-bond donors (Lipinski definition) is 4. The van der Waals surface area contributed by atoms with E-state index in [0.29, 0.717) is 0 Å². The molecule has 0 amide bonds. The number of aryl methyl sites for hydroxylation is 1. The van der Waals surface area contributed by atoms with Gasteiger partial charge in [0.05, 0.1) is 12.7 Å². The number of rotatable bonds is 6. The van der Waals surface area contributed by atoms with E-state index in [0.717, 1.165) is 31.4 Å². The van der Waals surface area contributed by atoms with Crippen LogP contribution in [0.5, 0.6) is 0 Å². The van der Waals surface area contributed by atoms with Gasteiger partial charge in [-0.25, -0.2) is 4.39 Å². The lowest BCUT2D eigenvalue weighted by molar-refractivity contribution is -0.0281. The Kier molecular flexibility index (Phi) is 5.93. The minimum absolute atomic E-state index is 0.00410. The number of ether oxygens (including phenoxy) is 1. The van der Waals surface area contributed by atoms with Crippen molar-refractivity contribution in [2.45, 2.75) is 50.0 Å². The molecule has 25 heavy (non-hydrogen) atoms. The van der Waals surface area contributed by atoms with Crippen LogP contribution in [-0.2, 0) is 11.2 Å². The summed E-state index contributed by atoms with van der Waals surface area (Å²) in [7, 11) is 1.93. The molecule has 1 heterocycles. The summed E-state index contributed by atoms with van der Waals surface area (Å²) in [5, 5.41) is 16.2. The van der Waals surface area contributed by atoms with Crippen molar-refractivity contribution in [2.75, 3.05) is 31.0 Å². The Bertz CT molecular complexity index is 623. The van der Waals surface area contributed by atoms with E-state index < -0.39 is 12.8 Å². The van der Waals surface area contributed by atoms with Gasteiger partial charge in [-0.3, -0.25) is 0 Å². The number of aliphatic hydroxyl groups is 1. The van der Waals surface area contributed by atoms with E-state index >= 15 is 0 Å².